The quantitative estimate of drug-likeness (QED) is 0.469. The molecule has 0 aliphatic carbocycles. The van der Waals surface area contributed by atoms with Crippen LogP contribution in [0.25, 0.3) is 0 Å². The summed E-state index contributed by atoms with van der Waals surface area (Å²) in [7, 11) is -3.89. The molecule has 2 amide bonds. The number of carbonyl (C=O) groups excluding carboxylic acids is 2. The van der Waals surface area contributed by atoms with Crippen molar-refractivity contribution >= 4 is 50.7 Å². The van der Waals surface area contributed by atoms with E-state index in [2.05, 4.69) is 5.32 Å². The lowest BCUT2D eigenvalue weighted by Gasteiger charge is -2.33. The number of hydrogen-bond donors (Lipinski definition) is 1. The lowest BCUT2D eigenvalue weighted by molar-refractivity contribution is -0.140. The number of hydrogen-bond acceptors (Lipinski definition) is 4. The van der Waals surface area contributed by atoms with E-state index in [1.54, 1.807) is 6.07 Å². The van der Waals surface area contributed by atoms with E-state index in [-0.39, 0.29) is 28.2 Å². The summed E-state index contributed by atoms with van der Waals surface area (Å²) in [5.74, 6) is -0.808. The Bertz CT molecular complexity index is 1110. The highest BCUT2D eigenvalue weighted by Crippen LogP contribution is 2.33. The van der Waals surface area contributed by atoms with E-state index in [1.807, 2.05) is 45.0 Å². The molecule has 0 radical (unpaired) electrons. The molecule has 1 atom stereocenters. The van der Waals surface area contributed by atoms with Crippen molar-refractivity contribution < 1.29 is 18.0 Å². The molecule has 10 heteroatoms. The highest BCUT2D eigenvalue weighted by Gasteiger charge is 2.32. The van der Waals surface area contributed by atoms with Crippen molar-refractivity contribution in [3.63, 3.8) is 0 Å². The topological polar surface area (TPSA) is 86.8 Å². The van der Waals surface area contributed by atoms with Crippen LogP contribution in [0.3, 0.4) is 0 Å². The van der Waals surface area contributed by atoms with Crippen molar-refractivity contribution in [2.75, 3.05) is 23.7 Å². The van der Waals surface area contributed by atoms with E-state index in [1.165, 1.54) is 17.0 Å². The summed E-state index contributed by atoms with van der Waals surface area (Å²) < 4.78 is 26.2. The molecule has 0 aliphatic heterocycles. The van der Waals surface area contributed by atoms with Gasteiger partial charge in [-0.25, -0.2) is 8.42 Å². The average molecular weight is 529 g/mol. The number of halogens is 2. The van der Waals surface area contributed by atoms with Crippen molar-refractivity contribution in [3.8, 4) is 0 Å². The molecule has 0 fully saturated rings. The fourth-order valence-corrected chi connectivity index (χ4v) is 4.76. The zero-order valence-corrected chi connectivity index (χ0v) is 22.2. The third-order valence-corrected chi connectivity index (χ3v) is 7.22. The Morgan fingerprint density at radius 1 is 1.06 bits per heavy atom. The first-order valence-corrected chi connectivity index (χ1v) is 13.6. The predicted octanol–water partition coefficient (Wildman–Crippen LogP) is 4.40. The molecule has 0 aromatic heterocycles. The molecular formula is C24H31Cl2N3O4S. The fourth-order valence-electron chi connectivity index (χ4n) is 3.46. The van der Waals surface area contributed by atoms with Crippen LogP contribution in [0.1, 0.15) is 37.8 Å². The third-order valence-electron chi connectivity index (χ3n) is 5.29. The smallest absolute Gasteiger partial charge is 0.244 e. The predicted molar refractivity (Wildman–Crippen MR) is 138 cm³/mol. The average Bonchev–Trinajstić information content (AvgIpc) is 2.78. The number of nitrogens with zero attached hydrogens (tertiary/aromatic N) is 2. The van der Waals surface area contributed by atoms with E-state index in [0.29, 0.717) is 13.0 Å². The maximum atomic E-state index is 13.6. The fraction of sp³-hybridized carbons (Fsp3) is 0.417. The Morgan fingerprint density at radius 3 is 2.26 bits per heavy atom. The second kappa shape index (κ2) is 12.4. The van der Waals surface area contributed by atoms with Gasteiger partial charge in [-0.1, -0.05) is 72.9 Å². The molecule has 2 aromatic carbocycles. The molecule has 34 heavy (non-hydrogen) atoms. The Balaban J connectivity index is 2.46. The number of nitrogens with one attached hydrogen (secondary N) is 1. The zero-order valence-electron chi connectivity index (χ0n) is 19.8. The maximum absolute atomic E-state index is 13.6. The van der Waals surface area contributed by atoms with Gasteiger partial charge < -0.3 is 10.2 Å². The molecule has 186 valence electrons. The molecule has 0 saturated heterocycles. The van der Waals surface area contributed by atoms with Crippen LogP contribution in [0.5, 0.6) is 0 Å². The Hall–Kier alpha value is -2.29. The number of benzene rings is 2. The standard InChI is InChI=1S/C24H31Cl2N3O4S/c1-5-14-27-24(31)20(6-2)28(15-18-12-10-17(3)11-13-18)22(30)16-29(34(4,32)33)21-9-7-8-19(25)23(21)26/h7-13,20H,5-6,14-16H2,1-4H3,(H,27,31)/t20-/m1/s1. The van der Waals surface area contributed by atoms with Gasteiger partial charge in [-0.3, -0.25) is 13.9 Å². The molecule has 0 heterocycles. The summed E-state index contributed by atoms with van der Waals surface area (Å²) in [6, 6.07) is 11.4. The normalized spacial score (nSPS) is 12.2. The molecule has 2 rings (SSSR count). The molecule has 7 nitrogen and oxygen atoms in total. The molecule has 0 aliphatic rings. The first-order valence-electron chi connectivity index (χ1n) is 11.0. The van der Waals surface area contributed by atoms with Gasteiger partial charge >= 0.3 is 0 Å². The first-order chi connectivity index (χ1) is 16.0. The van der Waals surface area contributed by atoms with Crippen LogP contribution in [0.15, 0.2) is 42.5 Å². The van der Waals surface area contributed by atoms with Crippen molar-refractivity contribution in [2.24, 2.45) is 0 Å². The van der Waals surface area contributed by atoms with E-state index in [9.17, 15) is 18.0 Å². The summed E-state index contributed by atoms with van der Waals surface area (Å²) in [5.41, 5.74) is 1.99. The SMILES string of the molecule is CCCNC(=O)[C@@H](CC)N(Cc1ccc(C)cc1)C(=O)CN(c1cccc(Cl)c1Cl)S(C)(=O)=O. The molecular weight excluding hydrogens is 497 g/mol. The minimum atomic E-state index is -3.89. The lowest BCUT2D eigenvalue weighted by atomic mass is 10.1. The number of aryl methyl sites for hydroxylation is 1. The van der Waals surface area contributed by atoms with E-state index < -0.39 is 28.5 Å². The molecule has 2 aromatic rings. The van der Waals surface area contributed by atoms with Crippen molar-refractivity contribution in [2.45, 2.75) is 46.2 Å². The van der Waals surface area contributed by atoms with Gasteiger partial charge in [0.1, 0.15) is 12.6 Å². The highest BCUT2D eigenvalue weighted by molar-refractivity contribution is 7.92. The molecule has 0 spiro atoms. The van der Waals surface area contributed by atoms with Crippen LogP contribution in [-0.4, -0.2) is 50.5 Å². The highest BCUT2D eigenvalue weighted by atomic mass is 35.5. The van der Waals surface area contributed by atoms with Gasteiger partial charge in [0.2, 0.25) is 21.8 Å². The largest absolute Gasteiger partial charge is 0.354 e. The molecule has 0 saturated carbocycles. The van der Waals surface area contributed by atoms with Gasteiger partial charge in [-0.2, -0.15) is 0 Å². The van der Waals surface area contributed by atoms with Crippen LogP contribution >= 0.6 is 23.2 Å². The second-order valence-corrected chi connectivity index (χ2v) is 10.8. The van der Waals surface area contributed by atoms with Crippen LogP contribution in [-0.2, 0) is 26.2 Å². The van der Waals surface area contributed by atoms with Crippen molar-refractivity contribution in [1.29, 1.82) is 0 Å². The van der Waals surface area contributed by atoms with Crippen molar-refractivity contribution in [1.82, 2.24) is 10.2 Å². The van der Waals surface area contributed by atoms with Crippen LogP contribution in [0.2, 0.25) is 10.0 Å². The number of amides is 2. The number of anilines is 1. The van der Waals surface area contributed by atoms with E-state index >= 15 is 0 Å². The summed E-state index contributed by atoms with van der Waals surface area (Å²) in [6.07, 6.45) is 2.11. The Morgan fingerprint density at radius 2 is 1.71 bits per heavy atom. The Kier molecular flexibility index (Phi) is 10.2. The zero-order chi connectivity index (χ0) is 25.5. The third kappa shape index (κ3) is 7.35. The summed E-state index contributed by atoms with van der Waals surface area (Å²) >= 11 is 12.4. The van der Waals surface area contributed by atoms with Gasteiger partial charge in [-0.15, -0.1) is 0 Å². The number of sulfonamides is 1. The number of carbonyl (C=O) groups is 2. The van der Waals surface area contributed by atoms with Crippen molar-refractivity contribution in [3.05, 3.63) is 63.6 Å². The van der Waals surface area contributed by atoms with Gasteiger partial charge in [0.25, 0.3) is 0 Å². The molecule has 1 N–H and O–H groups in total. The van der Waals surface area contributed by atoms with Gasteiger partial charge in [0.15, 0.2) is 0 Å². The lowest BCUT2D eigenvalue weighted by Crippen LogP contribution is -2.52. The maximum Gasteiger partial charge on any atom is 0.244 e. The number of rotatable bonds is 11. The van der Waals surface area contributed by atoms with E-state index in [0.717, 1.165) is 28.1 Å². The Labute approximate surface area is 212 Å². The van der Waals surface area contributed by atoms with Crippen LogP contribution in [0.4, 0.5) is 5.69 Å². The molecule has 0 bridgehead atoms. The van der Waals surface area contributed by atoms with Gasteiger partial charge in [-0.05, 0) is 37.5 Å². The summed E-state index contributed by atoms with van der Waals surface area (Å²) in [4.78, 5) is 27.9. The minimum Gasteiger partial charge on any atom is -0.354 e. The van der Waals surface area contributed by atoms with Gasteiger partial charge in [0, 0.05) is 13.1 Å². The monoisotopic (exact) mass is 527 g/mol. The van der Waals surface area contributed by atoms with Gasteiger partial charge in [0.05, 0.1) is 22.0 Å². The summed E-state index contributed by atoms with van der Waals surface area (Å²) in [5, 5.41) is 3.04. The van der Waals surface area contributed by atoms with Crippen LogP contribution < -0.4 is 9.62 Å². The van der Waals surface area contributed by atoms with Crippen LogP contribution in [0, 0.1) is 6.92 Å². The molecule has 0 unspecified atom stereocenters. The second-order valence-electron chi connectivity index (χ2n) is 8.06. The minimum absolute atomic E-state index is 0.0280. The summed E-state index contributed by atoms with van der Waals surface area (Å²) in [6.45, 7) is 5.82. The van der Waals surface area contributed by atoms with E-state index in [4.69, 9.17) is 23.2 Å². The first kappa shape index (κ1) is 28.0.